The molecule has 0 bridgehead atoms. The lowest BCUT2D eigenvalue weighted by Gasteiger charge is -2.09. The fourth-order valence-corrected chi connectivity index (χ4v) is 3.19. The van der Waals surface area contributed by atoms with E-state index >= 15 is 0 Å². The van der Waals surface area contributed by atoms with Crippen molar-refractivity contribution in [2.75, 3.05) is 0 Å². The second-order valence-corrected chi connectivity index (χ2v) is 5.87. The third-order valence-corrected chi connectivity index (χ3v) is 4.46. The van der Waals surface area contributed by atoms with E-state index in [4.69, 9.17) is 34.1 Å². The normalized spacial score (nSPS) is 11.6. The molecule has 0 saturated heterocycles. The smallest absolute Gasteiger partial charge is 0.170 e. The number of nitrogens with two attached hydrogens (primary N) is 1. The van der Waals surface area contributed by atoms with Crippen LogP contribution in [-0.2, 0) is 5.75 Å². The van der Waals surface area contributed by atoms with Gasteiger partial charge in [0.25, 0.3) is 0 Å². The molecule has 0 saturated carbocycles. The highest BCUT2D eigenvalue weighted by molar-refractivity contribution is 7.98. The standard InChI is InChI=1S/C14H12Cl2N2OS/c15-10-5-6-12(16)13(7-10)20-8-9-3-1-2-4-11(9)14(17)18-19/h1-7,19H,8H2,(H2,17,18). The van der Waals surface area contributed by atoms with Crippen LogP contribution >= 0.6 is 35.0 Å². The number of rotatable bonds is 4. The molecule has 6 heteroatoms. The Morgan fingerprint density at radius 2 is 1.95 bits per heavy atom. The average Bonchev–Trinajstić information content (AvgIpc) is 2.47. The fourth-order valence-electron chi connectivity index (χ4n) is 1.69. The second-order valence-electron chi connectivity index (χ2n) is 4.01. The van der Waals surface area contributed by atoms with Crippen LogP contribution in [0, 0.1) is 0 Å². The van der Waals surface area contributed by atoms with Crippen molar-refractivity contribution in [3.05, 3.63) is 63.6 Å². The summed E-state index contributed by atoms with van der Waals surface area (Å²) in [5.41, 5.74) is 7.33. The quantitative estimate of drug-likeness (QED) is 0.288. The molecule has 0 atom stereocenters. The van der Waals surface area contributed by atoms with Crippen LogP contribution in [0.1, 0.15) is 11.1 Å². The third-order valence-electron chi connectivity index (χ3n) is 2.68. The predicted octanol–water partition coefficient (Wildman–Crippen LogP) is 4.38. The lowest BCUT2D eigenvalue weighted by atomic mass is 10.1. The highest BCUT2D eigenvalue weighted by Gasteiger charge is 2.08. The third kappa shape index (κ3) is 3.60. The molecule has 0 heterocycles. The van der Waals surface area contributed by atoms with E-state index in [1.54, 1.807) is 23.9 Å². The van der Waals surface area contributed by atoms with Crippen molar-refractivity contribution >= 4 is 40.8 Å². The zero-order valence-corrected chi connectivity index (χ0v) is 12.7. The SMILES string of the molecule is N/C(=N\O)c1ccccc1CSc1cc(Cl)ccc1Cl. The van der Waals surface area contributed by atoms with Crippen LogP contribution in [0.15, 0.2) is 52.5 Å². The molecule has 0 fully saturated rings. The summed E-state index contributed by atoms with van der Waals surface area (Å²) in [6, 6.07) is 12.8. The van der Waals surface area contributed by atoms with Gasteiger partial charge < -0.3 is 10.9 Å². The van der Waals surface area contributed by atoms with Crippen molar-refractivity contribution in [2.24, 2.45) is 10.9 Å². The van der Waals surface area contributed by atoms with E-state index in [1.807, 2.05) is 30.3 Å². The first-order chi connectivity index (χ1) is 9.61. The molecule has 0 radical (unpaired) electrons. The molecule has 0 aromatic heterocycles. The van der Waals surface area contributed by atoms with E-state index in [0.29, 0.717) is 21.4 Å². The van der Waals surface area contributed by atoms with E-state index < -0.39 is 0 Å². The van der Waals surface area contributed by atoms with Gasteiger partial charge in [0, 0.05) is 21.2 Å². The zero-order valence-electron chi connectivity index (χ0n) is 10.4. The Hall–Kier alpha value is -1.36. The lowest BCUT2D eigenvalue weighted by Crippen LogP contribution is -2.15. The van der Waals surface area contributed by atoms with Crippen LogP contribution in [0.5, 0.6) is 0 Å². The van der Waals surface area contributed by atoms with Gasteiger partial charge in [-0.2, -0.15) is 0 Å². The first-order valence-corrected chi connectivity index (χ1v) is 7.49. The molecule has 2 aromatic carbocycles. The Bertz CT molecular complexity index is 647. The van der Waals surface area contributed by atoms with Crippen molar-refractivity contribution < 1.29 is 5.21 Å². The van der Waals surface area contributed by atoms with Crippen molar-refractivity contribution in [3.63, 3.8) is 0 Å². The van der Waals surface area contributed by atoms with Gasteiger partial charge in [-0.1, -0.05) is 52.6 Å². The summed E-state index contributed by atoms with van der Waals surface area (Å²) in [5.74, 6) is 0.741. The Morgan fingerprint density at radius 3 is 2.70 bits per heavy atom. The number of benzene rings is 2. The summed E-state index contributed by atoms with van der Waals surface area (Å²) in [5, 5.41) is 13.1. The minimum absolute atomic E-state index is 0.0957. The first-order valence-electron chi connectivity index (χ1n) is 5.75. The number of halogens is 2. The molecule has 3 N–H and O–H groups in total. The second kappa shape index (κ2) is 6.88. The van der Waals surface area contributed by atoms with Gasteiger partial charge in [-0.3, -0.25) is 0 Å². The number of oxime groups is 1. The van der Waals surface area contributed by atoms with Gasteiger partial charge in [-0.05, 0) is 23.8 Å². The molecular weight excluding hydrogens is 315 g/mol. The number of hydrogen-bond donors (Lipinski definition) is 2. The highest BCUT2D eigenvalue weighted by atomic mass is 35.5. The van der Waals surface area contributed by atoms with Gasteiger partial charge in [0.15, 0.2) is 5.84 Å². The lowest BCUT2D eigenvalue weighted by molar-refractivity contribution is 0.318. The van der Waals surface area contributed by atoms with E-state index in [2.05, 4.69) is 5.16 Å². The Balaban J connectivity index is 2.21. The molecule has 0 aliphatic rings. The molecular formula is C14H12Cl2N2OS. The van der Waals surface area contributed by atoms with Crippen LogP contribution in [-0.4, -0.2) is 11.0 Å². The van der Waals surface area contributed by atoms with Crippen molar-refractivity contribution in [3.8, 4) is 0 Å². The highest BCUT2D eigenvalue weighted by Crippen LogP contribution is 2.32. The van der Waals surface area contributed by atoms with Gasteiger partial charge in [0.2, 0.25) is 0 Å². The Kier molecular flexibility index (Phi) is 5.17. The number of hydrogen-bond acceptors (Lipinski definition) is 3. The fraction of sp³-hybridized carbons (Fsp3) is 0.0714. The first kappa shape index (κ1) is 15.0. The maximum absolute atomic E-state index is 8.80. The minimum atomic E-state index is 0.0957. The van der Waals surface area contributed by atoms with Crippen LogP contribution in [0.3, 0.4) is 0 Å². The largest absolute Gasteiger partial charge is 0.409 e. The summed E-state index contributed by atoms with van der Waals surface area (Å²) in [7, 11) is 0. The summed E-state index contributed by atoms with van der Waals surface area (Å²) < 4.78 is 0. The Morgan fingerprint density at radius 1 is 1.20 bits per heavy atom. The number of amidine groups is 1. The van der Waals surface area contributed by atoms with Gasteiger partial charge >= 0.3 is 0 Å². The topological polar surface area (TPSA) is 58.6 Å². The maximum atomic E-state index is 8.80. The van der Waals surface area contributed by atoms with Gasteiger partial charge in [-0.15, -0.1) is 11.8 Å². The summed E-state index contributed by atoms with van der Waals surface area (Å²) in [6.45, 7) is 0. The van der Waals surface area contributed by atoms with Crippen LogP contribution in [0.4, 0.5) is 0 Å². The Labute approximate surface area is 131 Å². The zero-order chi connectivity index (χ0) is 14.5. The molecule has 3 nitrogen and oxygen atoms in total. The van der Waals surface area contributed by atoms with Gasteiger partial charge in [-0.25, -0.2) is 0 Å². The van der Waals surface area contributed by atoms with E-state index in [-0.39, 0.29) is 5.84 Å². The van der Waals surface area contributed by atoms with Crippen LogP contribution in [0.2, 0.25) is 10.0 Å². The predicted molar refractivity (Wildman–Crippen MR) is 85.0 cm³/mol. The van der Waals surface area contributed by atoms with E-state index in [0.717, 1.165) is 10.5 Å². The molecule has 0 aliphatic carbocycles. The minimum Gasteiger partial charge on any atom is -0.409 e. The van der Waals surface area contributed by atoms with Gasteiger partial charge in [0.1, 0.15) is 0 Å². The van der Waals surface area contributed by atoms with Gasteiger partial charge in [0.05, 0.1) is 5.02 Å². The van der Waals surface area contributed by atoms with Crippen LogP contribution < -0.4 is 5.73 Å². The summed E-state index contributed by atoms with van der Waals surface area (Å²) >= 11 is 13.6. The number of thioether (sulfide) groups is 1. The molecule has 2 rings (SSSR count). The molecule has 2 aromatic rings. The maximum Gasteiger partial charge on any atom is 0.170 e. The monoisotopic (exact) mass is 326 g/mol. The molecule has 0 amide bonds. The summed E-state index contributed by atoms with van der Waals surface area (Å²) in [4.78, 5) is 0.897. The molecule has 0 spiro atoms. The average molecular weight is 327 g/mol. The molecule has 0 unspecified atom stereocenters. The van der Waals surface area contributed by atoms with Crippen molar-refractivity contribution in [1.82, 2.24) is 0 Å². The molecule has 20 heavy (non-hydrogen) atoms. The molecule has 0 aliphatic heterocycles. The number of nitrogens with zero attached hydrogens (tertiary/aromatic N) is 1. The molecule has 104 valence electrons. The van der Waals surface area contributed by atoms with E-state index in [1.165, 1.54) is 0 Å². The van der Waals surface area contributed by atoms with Crippen molar-refractivity contribution in [2.45, 2.75) is 10.6 Å². The summed E-state index contributed by atoms with van der Waals surface area (Å²) in [6.07, 6.45) is 0. The van der Waals surface area contributed by atoms with E-state index in [9.17, 15) is 0 Å². The van der Waals surface area contributed by atoms with Crippen molar-refractivity contribution in [1.29, 1.82) is 0 Å². The van der Waals surface area contributed by atoms with Crippen LogP contribution in [0.25, 0.3) is 0 Å².